The van der Waals surface area contributed by atoms with Gasteiger partial charge in [0.2, 0.25) is 0 Å². The summed E-state index contributed by atoms with van der Waals surface area (Å²) in [6, 6.07) is 17.0. The van der Waals surface area contributed by atoms with Gasteiger partial charge in [-0.05, 0) is 18.2 Å². The van der Waals surface area contributed by atoms with Crippen LogP contribution in [-0.4, -0.2) is 31.1 Å². The van der Waals surface area contributed by atoms with Crippen LogP contribution in [0.4, 0.5) is 0 Å². The van der Waals surface area contributed by atoms with Gasteiger partial charge in [-0.3, -0.25) is 4.79 Å². The fourth-order valence-electron chi connectivity index (χ4n) is 2.49. The monoisotopic (exact) mass is 283 g/mol. The molecule has 1 unspecified atom stereocenters. The third-order valence-electron chi connectivity index (χ3n) is 3.55. The molecule has 1 aliphatic heterocycles. The highest BCUT2D eigenvalue weighted by Gasteiger charge is 2.31. The quantitative estimate of drug-likeness (QED) is 0.869. The summed E-state index contributed by atoms with van der Waals surface area (Å²) >= 11 is 0. The van der Waals surface area contributed by atoms with Gasteiger partial charge in [0, 0.05) is 17.7 Å². The summed E-state index contributed by atoms with van der Waals surface area (Å²) in [5, 5.41) is 0. The molecule has 0 radical (unpaired) electrons. The van der Waals surface area contributed by atoms with Crippen LogP contribution in [0.25, 0.3) is 0 Å². The van der Waals surface area contributed by atoms with Crippen molar-refractivity contribution >= 4 is 5.91 Å². The van der Waals surface area contributed by atoms with Gasteiger partial charge in [0.25, 0.3) is 5.91 Å². The molecule has 21 heavy (non-hydrogen) atoms. The highest BCUT2D eigenvalue weighted by molar-refractivity contribution is 5.95. The topological polar surface area (TPSA) is 38.8 Å². The number of ether oxygens (including phenoxy) is 2. The van der Waals surface area contributed by atoms with Gasteiger partial charge in [-0.25, -0.2) is 0 Å². The minimum atomic E-state index is -0.315. The first-order valence-electron chi connectivity index (χ1n) is 6.91. The molecule has 0 aliphatic carbocycles. The van der Waals surface area contributed by atoms with Gasteiger partial charge in [-0.1, -0.05) is 36.4 Å². The number of carbonyl (C=O) groups excluding carboxylic acids is 1. The number of nitrogens with zero attached hydrogens (tertiary/aromatic N) is 1. The number of methoxy groups -OCH3 is 1. The largest absolute Gasteiger partial charge is 0.497 e. The molecule has 2 aromatic rings. The first-order valence-corrected chi connectivity index (χ1v) is 6.91. The molecule has 0 saturated carbocycles. The molecule has 1 saturated heterocycles. The SMILES string of the molecule is COc1cccc(C(=O)N2CCOC2c2ccccc2)c1. The van der Waals surface area contributed by atoms with Crippen LogP contribution in [0.15, 0.2) is 54.6 Å². The zero-order valence-electron chi connectivity index (χ0n) is 11.9. The Morgan fingerprint density at radius 1 is 1.19 bits per heavy atom. The second kappa shape index (κ2) is 5.97. The minimum Gasteiger partial charge on any atom is -0.497 e. The summed E-state index contributed by atoms with van der Waals surface area (Å²) in [7, 11) is 1.59. The molecule has 0 aromatic heterocycles. The van der Waals surface area contributed by atoms with E-state index in [1.807, 2.05) is 42.5 Å². The highest BCUT2D eigenvalue weighted by atomic mass is 16.5. The predicted octanol–water partition coefficient (Wildman–Crippen LogP) is 2.87. The molecule has 108 valence electrons. The molecule has 3 rings (SSSR count). The predicted molar refractivity (Wildman–Crippen MR) is 79.2 cm³/mol. The smallest absolute Gasteiger partial charge is 0.256 e. The molecule has 1 aliphatic rings. The van der Waals surface area contributed by atoms with E-state index in [1.54, 1.807) is 24.1 Å². The molecule has 4 nitrogen and oxygen atoms in total. The van der Waals surface area contributed by atoms with Crippen molar-refractivity contribution in [1.29, 1.82) is 0 Å². The summed E-state index contributed by atoms with van der Waals surface area (Å²) in [5.74, 6) is 0.637. The Morgan fingerprint density at radius 2 is 2.00 bits per heavy atom. The lowest BCUT2D eigenvalue weighted by Crippen LogP contribution is -2.31. The van der Waals surface area contributed by atoms with E-state index in [-0.39, 0.29) is 12.1 Å². The van der Waals surface area contributed by atoms with E-state index in [0.717, 1.165) is 5.56 Å². The number of hydrogen-bond donors (Lipinski definition) is 0. The Labute approximate surface area is 123 Å². The fourth-order valence-corrected chi connectivity index (χ4v) is 2.49. The average Bonchev–Trinajstić information content (AvgIpc) is 3.04. The zero-order chi connectivity index (χ0) is 14.7. The van der Waals surface area contributed by atoms with Crippen LogP contribution >= 0.6 is 0 Å². The molecule has 1 atom stereocenters. The number of rotatable bonds is 3. The number of hydrogen-bond acceptors (Lipinski definition) is 3. The number of benzene rings is 2. The van der Waals surface area contributed by atoms with Gasteiger partial charge < -0.3 is 14.4 Å². The highest BCUT2D eigenvalue weighted by Crippen LogP contribution is 2.28. The molecule has 4 heteroatoms. The van der Waals surface area contributed by atoms with E-state index in [9.17, 15) is 4.79 Å². The minimum absolute atomic E-state index is 0.0414. The van der Waals surface area contributed by atoms with Gasteiger partial charge in [0.15, 0.2) is 6.23 Å². The van der Waals surface area contributed by atoms with Crippen molar-refractivity contribution in [2.75, 3.05) is 20.3 Å². The summed E-state index contributed by atoms with van der Waals surface area (Å²) in [4.78, 5) is 14.4. The maximum atomic E-state index is 12.7. The first-order chi connectivity index (χ1) is 10.3. The van der Waals surface area contributed by atoms with Crippen molar-refractivity contribution in [3.05, 3.63) is 65.7 Å². The van der Waals surface area contributed by atoms with E-state index in [1.165, 1.54) is 0 Å². The van der Waals surface area contributed by atoms with Crippen LogP contribution in [0.3, 0.4) is 0 Å². The summed E-state index contributed by atoms with van der Waals surface area (Å²) < 4.78 is 10.9. The van der Waals surface area contributed by atoms with E-state index < -0.39 is 0 Å². The Balaban J connectivity index is 1.86. The molecule has 0 N–H and O–H groups in total. The van der Waals surface area contributed by atoms with Gasteiger partial charge in [0.05, 0.1) is 13.7 Å². The van der Waals surface area contributed by atoms with Crippen LogP contribution < -0.4 is 4.74 Å². The lowest BCUT2D eigenvalue weighted by Gasteiger charge is -2.23. The van der Waals surface area contributed by atoms with Crippen LogP contribution in [0.1, 0.15) is 22.1 Å². The Morgan fingerprint density at radius 3 is 2.76 bits per heavy atom. The van der Waals surface area contributed by atoms with Crippen molar-refractivity contribution in [1.82, 2.24) is 4.90 Å². The van der Waals surface area contributed by atoms with Crippen molar-refractivity contribution in [3.8, 4) is 5.75 Å². The van der Waals surface area contributed by atoms with Gasteiger partial charge in [0.1, 0.15) is 5.75 Å². The second-order valence-corrected chi connectivity index (χ2v) is 4.86. The maximum Gasteiger partial charge on any atom is 0.256 e. The molecule has 0 bridgehead atoms. The zero-order valence-corrected chi connectivity index (χ0v) is 11.9. The van der Waals surface area contributed by atoms with Crippen molar-refractivity contribution in [2.24, 2.45) is 0 Å². The van der Waals surface area contributed by atoms with Crippen LogP contribution in [0, 0.1) is 0 Å². The summed E-state index contributed by atoms with van der Waals surface area (Å²) in [5.41, 5.74) is 1.60. The van der Waals surface area contributed by atoms with Crippen LogP contribution in [0.5, 0.6) is 5.75 Å². The first kappa shape index (κ1) is 13.6. The van der Waals surface area contributed by atoms with Crippen molar-refractivity contribution < 1.29 is 14.3 Å². The molecule has 1 amide bonds. The van der Waals surface area contributed by atoms with Crippen molar-refractivity contribution in [3.63, 3.8) is 0 Å². The molecular formula is C17H17NO3. The third-order valence-corrected chi connectivity index (χ3v) is 3.55. The Kier molecular flexibility index (Phi) is 3.88. The van der Waals surface area contributed by atoms with E-state index in [0.29, 0.717) is 24.5 Å². The van der Waals surface area contributed by atoms with Crippen molar-refractivity contribution in [2.45, 2.75) is 6.23 Å². The molecule has 0 spiro atoms. The summed E-state index contributed by atoms with van der Waals surface area (Å²) in [6.45, 7) is 1.14. The molecule has 1 heterocycles. The molecule has 1 fully saturated rings. The molecular weight excluding hydrogens is 266 g/mol. The average molecular weight is 283 g/mol. The lowest BCUT2D eigenvalue weighted by atomic mass is 10.1. The van der Waals surface area contributed by atoms with E-state index >= 15 is 0 Å². The van der Waals surface area contributed by atoms with E-state index in [2.05, 4.69) is 0 Å². The lowest BCUT2D eigenvalue weighted by molar-refractivity contribution is 0.0272. The van der Waals surface area contributed by atoms with Gasteiger partial charge in [-0.2, -0.15) is 0 Å². The van der Waals surface area contributed by atoms with Gasteiger partial charge in [-0.15, -0.1) is 0 Å². The molecule has 2 aromatic carbocycles. The third kappa shape index (κ3) is 2.76. The van der Waals surface area contributed by atoms with Crippen LogP contribution in [-0.2, 0) is 4.74 Å². The summed E-state index contributed by atoms with van der Waals surface area (Å²) in [6.07, 6.45) is -0.315. The maximum absolute atomic E-state index is 12.7. The van der Waals surface area contributed by atoms with Crippen LogP contribution in [0.2, 0.25) is 0 Å². The number of amides is 1. The normalized spacial score (nSPS) is 17.8. The van der Waals surface area contributed by atoms with E-state index in [4.69, 9.17) is 9.47 Å². The Bertz CT molecular complexity index is 627. The standard InChI is InChI=1S/C17H17NO3/c1-20-15-9-5-8-14(12-15)16(19)18-10-11-21-17(18)13-6-3-2-4-7-13/h2-9,12,17H,10-11H2,1H3. The number of carbonyl (C=O) groups is 1. The van der Waals surface area contributed by atoms with Gasteiger partial charge >= 0.3 is 0 Å². The fraction of sp³-hybridized carbons (Fsp3) is 0.235. The second-order valence-electron chi connectivity index (χ2n) is 4.86. The Hall–Kier alpha value is -2.33.